The normalized spacial score (nSPS) is 10.0. The number of halogens is 1. The quantitative estimate of drug-likeness (QED) is 0.508. The maximum atomic E-state index is 12.2. The Morgan fingerprint density at radius 2 is 1.85 bits per heavy atom. The second kappa shape index (κ2) is 10.5. The Kier molecular flexibility index (Phi) is 8.03. The van der Waals surface area contributed by atoms with E-state index in [2.05, 4.69) is 16.2 Å². The molecular weight excluding hydrogens is 386 g/mol. The van der Waals surface area contributed by atoms with E-state index < -0.39 is 5.91 Å². The van der Waals surface area contributed by atoms with Crippen LogP contribution in [0.4, 0.5) is 0 Å². The average Bonchev–Trinajstić information content (AvgIpc) is 2.67. The van der Waals surface area contributed by atoms with Gasteiger partial charge >= 0.3 is 0 Å². The van der Waals surface area contributed by atoms with E-state index in [0.29, 0.717) is 22.9 Å². The van der Waals surface area contributed by atoms with Gasteiger partial charge in [0.1, 0.15) is 5.75 Å². The molecule has 27 heavy (non-hydrogen) atoms. The molecular formula is C19H20ClN3O3S. The smallest absolute Gasteiger partial charge is 0.257 e. The third-order valence-electron chi connectivity index (χ3n) is 3.39. The third kappa shape index (κ3) is 7.24. The van der Waals surface area contributed by atoms with Crippen LogP contribution in [-0.2, 0) is 11.2 Å². The highest BCUT2D eigenvalue weighted by atomic mass is 35.5. The van der Waals surface area contributed by atoms with Gasteiger partial charge in [0.2, 0.25) is 5.91 Å². The molecule has 0 atom stereocenters. The SMILES string of the molecule is CCCOc1cccc(C(=O)NC(=S)NNC(=O)Cc2ccc(Cl)cc2)c1. The molecule has 0 heterocycles. The number of carbonyl (C=O) groups excluding carboxylic acids is 2. The molecule has 0 saturated heterocycles. The molecule has 2 aromatic carbocycles. The Morgan fingerprint density at radius 1 is 1.11 bits per heavy atom. The van der Waals surface area contributed by atoms with Crippen LogP contribution < -0.4 is 20.9 Å². The van der Waals surface area contributed by atoms with Gasteiger partial charge in [-0.25, -0.2) is 0 Å². The lowest BCUT2D eigenvalue weighted by Crippen LogP contribution is -2.48. The summed E-state index contributed by atoms with van der Waals surface area (Å²) in [6.45, 7) is 2.58. The van der Waals surface area contributed by atoms with Gasteiger partial charge in [-0.15, -0.1) is 0 Å². The Morgan fingerprint density at radius 3 is 2.56 bits per heavy atom. The summed E-state index contributed by atoms with van der Waals surface area (Å²) in [5.41, 5.74) is 6.15. The molecule has 0 fully saturated rings. The fourth-order valence-corrected chi connectivity index (χ4v) is 2.38. The minimum atomic E-state index is -0.401. The zero-order chi connectivity index (χ0) is 19.6. The van der Waals surface area contributed by atoms with Crippen LogP contribution in [0.15, 0.2) is 48.5 Å². The summed E-state index contributed by atoms with van der Waals surface area (Å²) in [4.78, 5) is 24.1. The van der Waals surface area contributed by atoms with Gasteiger partial charge < -0.3 is 4.74 Å². The molecule has 142 valence electrons. The van der Waals surface area contributed by atoms with Crippen LogP contribution in [0, 0.1) is 0 Å². The first-order valence-corrected chi connectivity index (χ1v) is 9.14. The topological polar surface area (TPSA) is 79.5 Å². The van der Waals surface area contributed by atoms with Gasteiger partial charge in [-0.2, -0.15) is 0 Å². The minimum absolute atomic E-state index is 0.00987. The van der Waals surface area contributed by atoms with Crippen molar-refractivity contribution in [3.63, 3.8) is 0 Å². The number of amides is 2. The van der Waals surface area contributed by atoms with E-state index >= 15 is 0 Å². The summed E-state index contributed by atoms with van der Waals surface area (Å²) < 4.78 is 5.50. The summed E-state index contributed by atoms with van der Waals surface area (Å²) in [7, 11) is 0. The lowest BCUT2D eigenvalue weighted by Gasteiger charge is -2.11. The maximum absolute atomic E-state index is 12.2. The highest BCUT2D eigenvalue weighted by molar-refractivity contribution is 7.80. The number of hydrazine groups is 1. The molecule has 2 rings (SSSR count). The van der Waals surface area contributed by atoms with E-state index in [1.54, 1.807) is 48.5 Å². The lowest BCUT2D eigenvalue weighted by molar-refractivity contribution is -0.121. The molecule has 2 amide bonds. The van der Waals surface area contributed by atoms with Gasteiger partial charge in [0.15, 0.2) is 5.11 Å². The summed E-state index contributed by atoms with van der Waals surface area (Å²) in [5, 5.41) is 3.09. The van der Waals surface area contributed by atoms with Crippen molar-refractivity contribution in [2.75, 3.05) is 6.61 Å². The number of hydrogen-bond acceptors (Lipinski definition) is 4. The zero-order valence-corrected chi connectivity index (χ0v) is 16.3. The van der Waals surface area contributed by atoms with Crippen LogP contribution in [0.3, 0.4) is 0 Å². The van der Waals surface area contributed by atoms with Gasteiger partial charge in [-0.1, -0.05) is 36.7 Å². The first kappa shape index (κ1) is 20.7. The predicted molar refractivity (Wildman–Crippen MR) is 109 cm³/mol. The lowest BCUT2D eigenvalue weighted by atomic mass is 10.1. The fraction of sp³-hybridized carbons (Fsp3) is 0.211. The second-order valence-corrected chi connectivity index (χ2v) is 6.48. The molecule has 0 saturated carbocycles. The van der Waals surface area contributed by atoms with Gasteiger partial charge in [-0.3, -0.25) is 25.8 Å². The molecule has 2 aromatic rings. The number of ether oxygens (including phenoxy) is 1. The van der Waals surface area contributed by atoms with Gasteiger partial charge in [-0.05, 0) is 54.5 Å². The first-order valence-electron chi connectivity index (χ1n) is 8.35. The predicted octanol–water partition coefficient (Wildman–Crippen LogP) is 3.01. The van der Waals surface area contributed by atoms with Crippen molar-refractivity contribution in [1.82, 2.24) is 16.2 Å². The van der Waals surface area contributed by atoms with E-state index in [9.17, 15) is 9.59 Å². The highest BCUT2D eigenvalue weighted by Crippen LogP contribution is 2.13. The maximum Gasteiger partial charge on any atom is 0.257 e. The highest BCUT2D eigenvalue weighted by Gasteiger charge is 2.10. The molecule has 0 aliphatic rings. The summed E-state index contributed by atoms with van der Waals surface area (Å²) >= 11 is 10.8. The minimum Gasteiger partial charge on any atom is -0.494 e. The van der Waals surface area contributed by atoms with Crippen molar-refractivity contribution >= 4 is 40.7 Å². The van der Waals surface area contributed by atoms with Gasteiger partial charge in [0.25, 0.3) is 5.91 Å². The molecule has 0 aliphatic carbocycles. The van der Waals surface area contributed by atoms with E-state index in [0.717, 1.165) is 12.0 Å². The summed E-state index contributed by atoms with van der Waals surface area (Å²) in [5.74, 6) is -0.0927. The summed E-state index contributed by atoms with van der Waals surface area (Å²) in [6, 6.07) is 13.7. The average molecular weight is 406 g/mol. The molecule has 0 spiro atoms. The fourth-order valence-electron chi connectivity index (χ4n) is 2.11. The van der Waals surface area contributed by atoms with Crippen LogP contribution >= 0.6 is 23.8 Å². The number of hydrogen-bond donors (Lipinski definition) is 3. The number of nitrogens with one attached hydrogen (secondary N) is 3. The second-order valence-electron chi connectivity index (χ2n) is 5.64. The Labute approximate surface area is 168 Å². The Hall–Kier alpha value is -2.64. The van der Waals surface area contributed by atoms with Crippen LogP contribution in [0.25, 0.3) is 0 Å². The van der Waals surface area contributed by atoms with E-state index in [4.69, 9.17) is 28.6 Å². The van der Waals surface area contributed by atoms with Crippen LogP contribution in [-0.4, -0.2) is 23.5 Å². The molecule has 0 radical (unpaired) electrons. The molecule has 0 unspecified atom stereocenters. The zero-order valence-electron chi connectivity index (χ0n) is 14.8. The molecule has 0 aliphatic heterocycles. The van der Waals surface area contributed by atoms with Crippen molar-refractivity contribution in [1.29, 1.82) is 0 Å². The molecule has 3 N–H and O–H groups in total. The third-order valence-corrected chi connectivity index (χ3v) is 3.85. The van der Waals surface area contributed by atoms with Crippen LogP contribution in [0.2, 0.25) is 5.02 Å². The van der Waals surface area contributed by atoms with Crippen molar-refractivity contribution < 1.29 is 14.3 Å². The summed E-state index contributed by atoms with van der Waals surface area (Å²) in [6.07, 6.45) is 1.03. The number of rotatable bonds is 6. The number of carbonyl (C=O) groups is 2. The molecule has 8 heteroatoms. The van der Waals surface area contributed by atoms with Crippen molar-refractivity contribution in [3.05, 3.63) is 64.7 Å². The first-order chi connectivity index (χ1) is 13.0. The number of thiocarbonyl (C=S) groups is 1. The van der Waals surface area contributed by atoms with Crippen molar-refractivity contribution in [2.45, 2.75) is 19.8 Å². The molecule has 6 nitrogen and oxygen atoms in total. The van der Waals surface area contributed by atoms with Gasteiger partial charge in [0.05, 0.1) is 13.0 Å². The van der Waals surface area contributed by atoms with Crippen LogP contribution in [0.1, 0.15) is 29.3 Å². The largest absolute Gasteiger partial charge is 0.494 e. The van der Waals surface area contributed by atoms with E-state index in [1.807, 2.05) is 6.92 Å². The van der Waals surface area contributed by atoms with Gasteiger partial charge in [0, 0.05) is 10.6 Å². The van der Waals surface area contributed by atoms with E-state index in [-0.39, 0.29) is 17.4 Å². The van der Waals surface area contributed by atoms with Crippen molar-refractivity contribution in [3.8, 4) is 5.75 Å². The van der Waals surface area contributed by atoms with Crippen molar-refractivity contribution in [2.24, 2.45) is 0 Å². The van der Waals surface area contributed by atoms with E-state index in [1.165, 1.54) is 0 Å². The Bertz CT molecular complexity index is 812. The standard InChI is InChI=1S/C19H20ClN3O3S/c1-2-10-26-16-5-3-4-14(12-16)18(25)21-19(27)23-22-17(24)11-13-6-8-15(20)9-7-13/h3-9,12H,2,10-11H2,1H3,(H,22,24)(H2,21,23,25,27). The molecule has 0 bridgehead atoms. The number of benzene rings is 2. The molecule has 0 aromatic heterocycles. The Balaban J connectivity index is 1.80. The monoisotopic (exact) mass is 405 g/mol. The van der Waals surface area contributed by atoms with Crippen LogP contribution in [0.5, 0.6) is 5.75 Å².